The molecular weight excluding hydrogens is 186 g/mol. The van der Waals surface area contributed by atoms with Gasteiger partial charge in [-0.3, -0.25) is 0 Å². The number of hydrogen-bond acceptors (Lipinski definition) is 2. The fourth-order valence-corrected chi connectivity index (χ4v) is 1.78. The maximum absolute atomic E-state index is 3.35. The van der Waals surface area contributed by atoms with Crippen LogP contribution in [0, 0.1) is 0 Å². The molecule has 1 aromatic heterocycles. The number of rotatable bonds is 1. The number of fused-ring (bicyclic) bond motifs is 1. The fraction of sp³-hybridized carbons (Fsp3) is 0.0833. The van der Waals surface area contributed by atoms with Crippen molar-refractivity contribution in [2.45, 2.75) is 6.67 Å². The first-order chi connectivity index (χ1) is 7.43. The van der Waals surface area contributed by atoms with Gasteiger partial charge in [0.25, 0.3) is 5.82 Å². The molecule has 0 unspecified atom stereocenters. The van der Waals surface area contributed by atoms with Crippen LogP contribution in [0.3, 0.4) is 0 Å². The second-order valence-corrected chi connectivity index (χ2v) is 3.57. The molecule has 0 spiro atoms. The lowest BCUT2D eigenvalue weighted by Crippen LogP contribution is -2.34. The van der Waals surface area contributed by atoms with Crippen LogP contribution in [0.15, 0.2) is 54.7 Å². The van der Waals surface area contributed by atoms with E-state index in [1.54, 1.807) is 0 Å². The highest BCUT2D eigenvalue weighted by molar-refractivity contribution is 5.51. The summed E-state index contributed by atoms with van der Waals surface area (Å²) in [5.74, 6) is 1.13. The number of nitrogens with zero attached hydrogens (tertiary/aromatic N) is 2. The third-order valence-electron chi connectivity index (χ3n) is 2.55. The van der Waals surface area contributed by atoms with Crippen LogP contribution >= 0.6 is 0 Å². The quantitative estimate of drug-likeness (QED) is 0.704. The van der Waals surface area contributed by atoms with Gasteiger partial charge < -0.3 is 0 Å². The molecule has 15 heavy (non-hydrogen) atoms. The van der Waals surface area contributed by atoms with Crippen LogP contribution in [-0.4, -0.2) is 0 Å². The van der Waals surface area contributed by atoms with Gasteiger partial charge in [-0.2, -0.15) is 10.4 Å². The Balaban J connectivity index is 1.91. The van der Waals surface area contributed by atoms with Crippen molar-refractivity contribution in [3.8, 4) is 0 Å². The number of benzene rings is 1. The van der Waals surface area contributed by atoms with Crippen LogP contribution in [-0.2, 0) is 6.67 Å². The summed E-state index contributed by atoms with van der Waals surface area (Å²) < 4.78 is 2.17. The SMILES string of the molecule is c1ccc(N2C[n+]3ccccc3N2)cc1. The van der Waals surface area contributed by atoms with Crippen molar-refractivity contribution in [3.63, 3.8) is 0 Å². The highest BCUT2D eigenvalue weighted by atomic mass is 15.6. The molecule has 3 nitrogen and oxygen atoms in total. The minimum Gasteiger partial charge on any atom is -0.211 e. The van der Waals surface area contributed by atoms with E-state index >= 15 is 0 Å². The summed E-state index contributed by atoms with van der Waals surface area (Å²) in [5, 5.41) is 2.12. The van der Waals surface area contributed by atoms with Gasteiger partial charge in [-0.05, 0) is 18.2 Å². The lowest BCUT2D eigenvalue weighted by molar-refractivity contribution is -0.671. The predicted octanol–water partition coefficient (Wildman–Crippen LogP) is 1.78. The average Bonchev–Trinajstić information content (AvgIpc) is 2.74. The van der Waals surface area contributed by atoms with E-state index < -0.39 is 0 Å². The summed E-state index contributed by atoms with van der Waals surface area (Å²) in [7, 11) is 0. The van der Waals surface area contributed by atoms with Gasteiger partial charge in [0.05, 0.1) is 11.9 Å². The van der Waals surface area contributed by atoms with Crippen LogP contribution in [0.5, 0.6) is 0 Å². The maximum atomic E-state index is 3.35. The number of anilines is 2. The zero-order chi connectivity index (χ0) is 10.1. The summed E-state index contributed by atoms with van der Waals surface area (Å²) in [6.45, 7) is 0.847. The Morgan fingerprint density at radius 3 is 2.60 bits per heavy atom. The van der Waals surface area contributed by atoms with Gasteiger partial charge in [0, 0.05) is 6.07 Å². The van der Waals surface area contributed by atoms with E-state index in [-0.39, 0.29) is 0 Å². The Labute approximate surface area is 88.6 Å². The van der Waals surface area contributed by atoms with Crippen LogP contribution < -0.4 is 15.0 Å². The van der Waals surface area contributed by atoms with Crippen LogP contribution in [0.2, 0.25) is 0 Å². The van der Waals surface area contributed by atoms with E-state index in [0.29, 0.717) is 0 Å². The zero-order valence-corrected chi connectivity index (χ0v) is 8.30. The molecule has 1 aliphatic heterocycles. The van der Waals surface area contributed by atoms with Gasteiger partial charge >= 0.3 is 0 Å². The van der Waals surface area contributed by atoms with Gasteiger partial charge in [-0.25, -0.2) is 4.57 Å². The highest BCUT2D eigenvalue weighted by Crippen LogP contribution is 2.17. The highest BCUT2D eigenvalue weighted by Gasteiger charge is 2.24. The molecule has 0 amide bonds. The fourth-order valence-electron chi connectivity index (χ4n) is 1.78. The van der Waals surface area contributed by atoms with Crippen molar-refractivity contribution in [1.82, 2.24) is 0 Å². The molecule has 0 saturated carbocycles. The summed E-state index contributed by atoms with van der Waals surface area (Å²) in [5.41, 5.74) is 4.53. The van der Waals surface area contributed by atoms with Crippen molar-refractivity contribution in [2.24, 2.45) is 0 Å². The summed E-state index contributed by atoms with van der Waals surface area (Å²) >= 11 is 0. The summed E-state index contributed by atoms with van der Waals surface area (Å²) in [6.07, 6.45) is 2.07. The van der Waals surface area contributed by atoms with Crippen molar-refractivity contribution >= 4 is 11.5 Å². The average molecular weight is 198 g/mol. The van der Waals surface area contributed by atoms with Gasteiger partial charge in [0.1, 0.15) is 0 Å². The lowest BCUT2D eigenvalue weighted by Gasteiger charge is -2.09. The number of hydrazine groups is 1. The molecule has 0 atom stereocenters. The molecule has 1 N–H and O–H groups in total. The van der Waals surface area contributed by atoms with Crippen molar-refractivity contribution in [3.05, 3.63) is 54.7 Å². The molecule has 2 heterocycles. The van der Waals surface area contributed by atoms with E-state index in [4.69, 9.17) is 0 Å². The second-order valence-electron chi connectivity index (χ2n) is 3.57. The Morgan fingerprint density at radius 1 is 1.00 bits per heavy atom. The lowest BCUT2D eigenvalue weighted by atomic mass is 10.3. The van der Waals surface area contributed by atoms with Gasteiger partial charge in [0.15, 0.2) is 6.67 Å². The second kappa shape index (κ2) is 3.28. The molecular formula is C12H12N3+. The number of aromatic nitrogens is 1. The first-order valence-corrected chi connectivity index (χ1v) is 5.01. The van der Waals surface area contributed by atoms with Gasteiger partial charge in [-0.15, -0.1) is 0 Å². The van der Waals surface area contributed by atoms with Gasteiger partial charge in [0.2, 0.25) is 0 Å². The van der Waals surface area contributed by atoms with E-state index in [1.165, 1.54) is 5.69 Å². The normalized spacial score (nSPS) is 13.5. The van der Waals surface area contributed by atoms with Crippen LogP contribution in [0.4, 0.5) is 11.5 Å². The van der Waals surface area contributed by atoms with Crippen molar-refractivity contribution < 1.29 is 4.57 Å². The third kappa shape index (κ3) is 1.42. The van der Waals surface area contributed by atoms with Crippen LogP contribution in [0.1, 0.15) is 0 Å². The smallest absolute Gasteiger partial charge is 0.211 e. The monoisotopic (exact) mass is 198 g/mol. The Morgan fingerprint density at radius 2 is 1.80 bits per heavy atom. The third-order valence-corrected chi connectivity index (χ3v) is 2.55. The molecule has 0 fully saturated rings. The Kier molecular flexibility index (Phi) is 1.81. The maximum Gasteiger partial charge on any atom is 0.299 e. The largest absolute Gasteiger partial charge is 0.299 e. The van der Waals surface area contributed by atoms with E-state index in [2.05, 4.69) is 39.4 Å². The number of pyridine rings is 1. The molecule has 0 aliphatic carbocycles. The van der Waals surface area contributed by atoms with Crippen molar-refractivity contribution in [2.75, 3.05) is 10.4 Å². The minimum atomic E-state index is 0.847. The first-order valence-electron chi connectivity index (χ1n) is 5.01. The Bertz CT molecular complexity index is 442. The standard InChI is InChI=1S/C12H11N3/c1-2-6-11(7-3-1)15-10-14-9-5-4-8-12(14)13-15/h1-9H,10H2/p+1. The van der Waals surface area contributed by atoms with E-state index in [1.807, 2.05) is 30.3 Å². The molecule has 0 bridgehead atoms. The van der Waals surface area contributed by atoms with Crippen LogP contribution in [0.25, 0.3) is 0 Å². The molecule has 1 aliphatic rings. The molecule has 3 heteroatoms. The molecule has 3 rings (SSSR count). The number of para-hydroxylation sites is 1. The molecule has 2 aromatic rings. The number of hydrogen-bond donors (Lipinski definition) is 1. The molecule has 0 saturated heterocycles. The predicted molar refractivity (Wildman–Crippen MR) is 59.2 cm³/mol. The zero-order valence-electron chi connectivity index (χ0n) is 8.30. The topological polar surface area (TPSA) is 19.1 Å². The minimum absolute atomic E-state index is 0.847. The summed E-state index contributed by atoms with van der Waals surface area (Å²) in [4.78, 5) is 0. The molecule has 74 valence electrons. The van der Waals surface area contributed by atoms with Gasteiger partial charge in [-0.1, -0.05) is 24.3 Å². The Hall–Kier alpha value is -2.03. The van der Waals surface area contributed by atoms with E-state index in [0.717, 1.165) is 12.5 Å². The summed E-state index contributed by atoms with van der Waals surface area (Å²) in [6, 6.07) is 16.5. The van der Waals surface area contributed by atoms with Crippen molar-refractivity contribution in [1.29, 1.82) is 0 Å². The number of nitrogens with one attached hydrogen (secondary N) is 1. The molecule has 1 aromatic carbocycles. The first kappa shape index (κ1) is 8.29. The van der Waals surface area contributed by atoms with E-state index in [9.17, 15) is 0 Å². The molecule has 0 radical (unpaired) electrons.